The number of carbonyl (C=O) groups is 1. The maximum atomic E-state index is 12.0. The Bertz CT molecular complexity index is 465. The molecule has 0 bridgehead atoms. The largest absolute Gasteiger partial charge is 0.496 e. The zero-order chi connectivity index (χ0) is 15.1. The standard InChI is InChI=1S/C16H25N3O2/c1-17-9-13-7-8-19(11-13)12-16(20)18-10-14-5-3-4-6-15(14)21-2/h3-6,13,17H,7-12H2,1-2H3,(H,18,20). The van der Waals surface area contributed by atoms with E-state index in [2.05, 4.69) is 15.5 Å². The molecule has 0 radical (unpaired) electrons. The van der Waals surface area contributed by atoms with Crippen molar-refractivity contribution < 1.29 is 9.53 Å². The molecule has 0 saturated carbocycles. The number of likely N-dealkylation sites (tertiary alicyclic amines) is 1. The molecular formula is C16H25N3O2. The van der Waals surface area contributed by atoms with E-state index in [1.807, 2.05) is 31.3 Å². The number of hydrogen-bond donors (Lipinski definition) is 2. The van der Waals surface area contributed by atoms with Gasteiger partial charge in [-0.05, 0) is 38.5 Å². The van der Waals surface area contributed by atoms with Gasteiger partial charge in [-0.1, -0.05) is 18.2 Å². The Morgan fingerprint density at radius 1 is 1.43 bits per heavy atom. The fourth-order valence-electron chi connectivity index (χ4n) is 2.81. The first kappa shape index (κ1) is 15.8. The minimum Gasteiger partial charge on any atom is -0.496 e. The van der Waals surface area contributed by atoms with E-state index in [0.717, 1.165) is 30.9 Å². The number of para-hydroxylation sites is 1. The van der Waals surface area contributed by atoms with Gasteiger partial charge in [-0.2, -0.15) is 0 Å². The monoisotopic (exact) mass is 291 g/mol. The van der Waals surface area contributed by atoms with Gasteiger partial charge in [0.2, 0.25) is 5.91 Å². The Hall–Kier alpha value is -1.59. The Kier molecular flexibility index (Phi) is 6.02. The third kappa shape index (κ3) is 4.72. The van der Waals surface area contributed by atoms with Crippen LogP contribution in [0.25, 0.3) is 0 Å². The van der Waals surface area contributed by atoms with Crippen LogP contribution in [0.4, 0.5) is 0 Å². The van der Waals surface area contributed by atoms with Crippen LogP contribution in [0, 0.1) is 5.92 Å². The van der Waals surface area contributed by atoms with Crippen LogP contribution in [0.2, 0.25) is 0 Å². The van der Waals surface area contributed by atoms with E-state index in [4.69, 9.17) is 4.74 Å². The topological polar surface area (TPSA) is 53.6 Å². The van der Waals surface area contributed by atoms with Gasteiger partial charge < -0.3 is 15.4 Å². The number of amides is 1. The van der Waals surface area contributed by atoms with E-state index in [0.29, 0.717) is 19.0 Å². The molecule has 1 aromatic carbocycles. The molecule has 0 spiro atoms. The second kappa shape index (κ2) is 8.00. The second-order valence-corrected chi connectivity index (χ2v) is 5.54. The predicted molar refractivity (Wildman–Crippen MR) is 83.3 cm³/mol. The molecule has 2 rings (SSSR count). The van der Waals surface area contributed by atoms with Crippen LogP contribution in [-0.2, 0) is 11.3 Å². The number of benzene rings is 1. The molecule has 5 heteroatoms. The zero-order valence-electron chi connectivity index (χ0n) is 12.9. The van der Waals surface area contributed by atoms with Crippen molar-refractivity contribution in [3.8, 4) is 5.75 Å². The molecule has 21 heavy (non-hydrogen) atoms. The number of hydrogen-bond acceptors (Lipinski definition) is 4. The molecule has 1 atom stereocenters. The van der Waals surface area contributed by atoms with Crippen molar-refractivity contribution in [2.45, 2.75) is 13.0 Å². The minimum atomic E-state index is 0.0750. The molecule has 5 nitrogen and oxygen atoms in total. The van der Waals surface area contributed by atoms with Crippen LogP contribution in [0.1, 0.15) is 12.0 Å². The van der Waals surface area contributed by atoms with Gasteiger partial charge in [-0.25, -0.2) is 0 Å². The highest BCUT2D eigenvalue weighted by molar-refractivity contribution is 5.78. The van der Waals surface area contributed by atoms with Crippen LogP contribution in [-0.4, -0.2) is 51.1 Å². The van der Waals surface area contributed by atoms with Gasteiger partial charge in [0.25, 0.3) is 0 Å². The Labute approximate surface area is 126 Å². The van der Waals surface area contributed by atoms with Crippen LogP contribution >= 0.6 is 0 Å². The first-order valence-electron chi connectivity index (χ1n) is 7.48. The van der Waals surface area contributed by atoms with E-state index < -0.39 is 0 Å². The lowest BCUT2D eigenvalue weighted by Crippen LogP contribution is -2.36. The number of nitrogens with one attached hydrogen (secondary N) is 2. The number of methoxy groups -OCH3 is 1. The van der Waals surface area contributed by atoms with Crippen LogP contribution in [0.5, 0.6) is 5.75 Å². The molecule has 2 N–H and O–H groups in total. The van der Waals surface area contributed by atoms with Gasteiger partial charge in [-0.3, -0.25) is 9.69 Å². The molecule has 116 valence electrons. The summed E-state index contributed by atoms with van der Waals surface area (Å²) < 4.78 is 5.28. The smallest absolute Gasteiger partial charge is 0.234 e. The van der Waals surface area contributed by atoms with Gasteiger partial charge in [0.15, 0.2) is 0 Å². The summed E-state index contributed by atoms with van der Waals surface area (Å²) in [6.45, 7) is 4.03. The number of ether oxygens (including phenoxy) is 1. The van der Waals surface area contributed by atoms with Crippen molar-refractivity contribution in [1.82, 2.24) is 15.5 Å². The highest BCUT2D eigenvalue weighted by Gasteiger charge is 2.23. The molecule has 0 aromatic heterocycles. The molecule has 1 fully saturated rings. The second-order valence-electron chi connectivity index (χ2n) is 5.54. The molecule has 1 unspecified atom stereocenters. The summed E-state index contributed by atoms with van der Waals surface area (Å²) >= 11 is 0. The maximum Gasteiger partial charge on any atom is 0.234 e. The number of carbonyl (C=O) groups excluding carboxylic acids is 1. The van der Waals surface area contributed by atoms with Gasteiger partial charge >= 0.3 is 0 Å². The van der Waals surface area contributed by atoms with Gasteiger partial charge in [0.1, 0.15) is 5.75 Å². The minimum absolute atomic E-state index is 0.0750. The van der Waals surface area contributed by atoms with Crippen molar-refractivity contribution >= 4 is 5.91 Å². The third-order valence-electron chi connectivity index (χ3n) is 3.90. The first-order valence-corrected chi connectivity index (χ1v) is 7.48. The van der Waals surface area contributed by atoms with E-state index in [9.17, 15) is 4.79 Å². The zero-order valence-corrected chi connectivity index (χ0v) is 12.9. The van der Waals surface area contributed by atoms with E-state index >= 15 is 0 Å². The lowest BCUT2D eigenvalue weighted by Gasteiger charge is -2.16. The Morgan fingerprint density at radius 2 is 2.24 bits per heavy atom. The van der Waals surface area contributed by atoms with Gasteiger partial charge in [-0.15, -0.1) is 0 Å². The molecule has 1 heterocycles. The fraction of sp³-hybridized carbons (Fsp3) is 0.562. The summed E-state index contributed by atoms with van der Waals surface area (Å²) in [7, 11) is 3.62. The first-order chi connectivity index (χ1) is 10.2. The molecule has 0 aliphatic carbocycles. The van der Waals surface area contributed by atoms with Crippen molar-refractivity contribution in [3.63, 3.8) is 0 Å². The van der Waals surface area contributed by atoms with Crippen LogP contribution in [0.15, 0.2) is 24.3 Å². The highest BCUT2D eigenvalue weighted by atomic mass is 16.5. The Balaban J connectivity index is 1.75. The van der Waals surface area contributed by atoms with Crippen LogP contribution in [0.3, 0.4) is 0 Å². The third-order valence-corrected chi connectivity index (χ3v) is 3.90. The molecule has 1 saturated heterocycles. The van der Waals surface area contributed by atoms with E-state index in [-0.39, 0.29) is 5.91 Å². The SMILES string of the molecule is CNCC1CCN(CC(=O)NCc2ccccc2OC)C1. The summed E-state index contributed by atoms with van der Waals surface area (Å²) in [5, 5.41) is 6.17. The number of rotatable bonds is 7. The van der Waals surface area contributed by atoms with Crippen LogP contribution < -0.4 is 15.4 Å². The van der Waals surface area contributed by atoms with Crippen molar-refractivity contribution in [2.24, 2.45) is 5.92 Å². The summed E-state index contributed by atoms with van der Waals surface area (Å²) in [4.78, 5) is 14.2. The maximum absolute atomic E-state index is 12.0. The summed E-state index contributed by atoms with van der Waals surface area (Å²) in [5.74, 6) is 1.55. The van der Waals surface area contributed by atoms with Crippen molar-refractivity contribution in [3.05, 3.63) is 29.8 Å². The summed E-state index contributed by atoms with van der Waals surface area (Å²) in [6, 6.07) is 7.76. The average molecular weight is 291 g/mol. The van der Waals surface area contributed by atoms with Gasteiger partial charge in [0.05, 0.1) is 13.7 Å². The highest BCUT2D eigenvalue weighted by Crippen LogP contribution is 2.17. The fourth-order valence-corrected chi connectivity index (χ4v) is 2.81. The molecule has 1 aromatic rings. The summed E-state index contributed by atoms with van der Waals surface area (Å²) in [5.41, 5.74) is 1.00. The predicted octanol–water partition coefficient (Wildman–Crippen LogP) is 0.853. The van der Waals surface area contributed by atoms with Gasteiger partial charge in [0, 0.05) is 18.7 Å². The Morgan fingerprint density at radius 3 is 3.00 bits per heavy atom. The normalized spacial score (nSPS) is 18.7. The molecular weight excluding hydrogens is 266 g/mol. The molecule has 1 amide bonds. The lowest BCUT2D eigenvalue weighted by molar-refractivity contribution is -0.122. The lowest BCUT2D eigenvalue weighted by atomic mass is 10.1. The number of nitrogens with zero attached hydrogens (tertiary/aromatic N) is 1. The van der Waals surface area contributed by atoms with Crippen molar-refractivity contribution in [1.29, 1.82) is 0 Å². The van der Waals surface area contributed by atoms with E-state index in [1.54, 1.807) is 7.11 Å². The van der Waals surface area contributed by atoms with Crippen molar-refractivity contribution in [2.75, 3.05) is 40.3 Å². The molecule has 1 aliphatic heterocycles. The van der Waals surface area contributed by atoms with E-state index in [1.165, 1.54) is 6.42 Å². The average Bonchev–Trinajstić information content (AvgIpc) is 2.93. The quantitative estimate of drug-likeness (QED) is 0.782. The summed E-state index contributed by atoms with van der Waals surface area (Å²) in [6.07, 6.45) is 1.17. The molecule has 1 aliphatic rings.